The van der Waals surface area contributed by atoms with E-state index >= 15 is 0 Å². The minimum Gasteiger partial charge on any atom is -0.493 e. The zero-order valence-corrected chi connectivity index (χ0v) is 22.3. The number of aliphatic imine (C=N–C) groups is 1. The molecule has 0 atom stereocenters. The van der Waals surface area contributed by atoms with E-state index in [1.54, 1.807) is 25.3 Å². The summed E-state index contributed by atoms with van der Waals surface area (Å²) >= 11 is 7.87. The molecule has 2 aromatic carbocycles. The molecule has 11 heteroatoms. The molecular formula is C26H27ClN4O5S. The lowest BCUT2D eigenvalue weighted by Crippen LogP contribution is -2.35. The maximum Gasteiger partial charge on any atom is 0.283 e. The van der Waals surface area contributed by atoms with Gasteiger partial charge in [-0.1, -0.05) is 30.7 Å². The molecular weight excluding hydrogens is 516 g/mol. The molecule has 2 aliphatic heterocycles. The third kappa shape index (κ3) is 6.08. The van der Waals surface area contributed by atoms with Crippen LogP contribution in [0.25, 0.3) is 6.08 Å². The normalized spacial score (nSPS) is 15.9. The Balaban J connectivity index is 1.51. The average Bonchev–Trinajstić information content (AvgIpc) is 3.28. The number of hydrazone groups is 1. The topological polar surface area (TPSA) is 106 Å². The Labute approximate surface area is 224 Å². The summed E-state index contributed by atoms with van der Waals surface area (Å²) in [5, 5.41) is 15.9. The number of rotatable bonds is 11. The lowest BCUT2D eigenvalue weighted by Gasteiger charge is -2.20. The Kier molecular flexibility index (Phi) is 8.73. The zero-order chi connectivity index (χ0) is 26.4. The Hall–Kier alpha value is -3.50. The monoisotopic (exact) mass is 542 g/mol. The number of hydrogen-bond acceptors (Lipinski definition) is 8. The number of carbonyl (C=O) groups is 1. The summed E-state index contributed by atoms with van der Waals surface area (Å²) in [4.78, 5) is 16.8. The van der Waals surface area contributed by atoms with Crippen molar-refractivity contribution in [3.63, 3.8) is 0 Å². The number of nitrogens with zero attached hydrogens (tertiary/aromatic N) is 3. The fourth-order valence-corrected chi connectivity index (χ4v) is 4.88. The van der Waals surface area contributed by atoms with Crippen LogP contribution in [-0.2, 0) is 4.79 Å². The summed E-state index contributed by atoms with van der Waals surface area (Å²) < 4.78 is 22.7. The van der Waals surface area contributed by atoms with Crippen molar-refractivity contribution >= 4 is 51.4 Å². The molecule has 1 N–H and O–H groups in total. The Morgan fingerprint density at radius 1 is 1.08 bits per heavy atom. The number of halogens is 1. The van der Waals surface area contributed by atoms with E-state index < -0.39 is 5.91 Å². The quantitative estimate of drug-likeness (QED) is 0.290. The molecule has 0 radical (unpaired) electrons. The van der Waals surface area contributed by atoms with E-state index in [1.807, 2.05) is 38.1 Å². The van der Waals surface area contributed by atoms with E-state index in [1.165, 1.54) is 16.8 Å². The van der Waals surface area contributed by atoms with Gasteiger partial charge in [0.25, 0.3) is 5.91 Å². The summed E-state index contributed by atoms with van der Waals surface area (Å²) in [6.07, 6.45) is 3.24. The lowest BCUT2D eigenvalue weighted by atomic mass is 10.1. The number of methoxy groups -OCH3 is 1. The smallest absolute Gasteiger partial charge is 0.283 e. The van der Waals surface area contributed by atoms with Crippen molar-refractivity contribution in [2.75, 3.05) is 26.9 Å². The van der Waals surface area contributed by atoms with Crippen LogP contribution in [0.1, 0.15) is 32.3 Å². The summed E-state index contributed by atoms with van der Waals surface area (Å²) in [5.74, 6) is 1.49. The fourth-order valence-electron chi connectivity index (χ4n) is 3.62. The minimum absolute atomic E-state index is 0.0310. The molecule has 1 amide bonds. The molecule has 9 nitrogen and oxygen atoms in total. The van der Waals surface area contributed by atoms with Gasteiger partial charge in [0.15, 0.2) is 28.8 Å². The van der Waals surface area contributed by atoms with Gasteiger partial charge in [-0.25, -0.2) is 0 Å². The molecule has 0 spiro atoms. The summed E-state index contributed by atoms with van der Waals surface area (Å²) in [7, 11) is 1.58. The third-order valence-corrected chi connectivity index (χ3v) is 6.51. The van der Waals surface area contributed by atoms with E-state index in [2.05, 4.69) is 10.1 Å². The number of nitrogens with one attached hydrogen (secondary N) is 1. The lowest BCUT2D eigenvalue weighted by molar-refractivity contribution is -0.114. The number of thioether (sulfide) groups is 1. The van der Waals surface area contributed by atoms with E-state index in [4.69, 9.17) is 36.0 Å². The predicted molar refractivity (Wildman–Crippen MR) is 147 cm³/mol. The first-order valence-electron chi connectivity index (χ1n) is 11.8. The Morgan fingerprint density at radius 2 is 1.84 bits per heavy atom. The standard InChI is InChI=1S/C26H27ClN4O5S/c1-4-8-22-30-31-24(28)17(25(32)29-26(31)37-22)13-16-14-18(27)23(21(15-16)34-5-2)36-12-11-35-20-10-7-6-9-19(20)33-3/h6-7,9-10,13-15,28H,4-5,8,11-12H2,1-3H3/b17-13-,28-24?. The fraction of sp³-hybridized carbons (Fsp3) is 0.308. The molecule has 0 saturated heterocycles. The highest BCUT2D eigenvalue weighted by Crippen LogP contribution is 2.38. The summed E-state index contributed by atoms with van der Waals surface area (Å²) in [5.41, 5.74) is 0.686. The minimum atomic E-state index is -0.500. The zero-order valence-electron chi connectivity index (χ0n) is 20.7. The second kappa shape index (κ2) is 12.2. The highest BCUT2D eigenvalue weighted by Gasteiger charge is 2.35. The van der Waals surface area contributed by atoms with Crippen molar-refractivity contribution in [2.24, 2.45) is 10.1 Å². The first kappa shape index (κ1) is 26.6. The van der Waals surface area contributed by atoms with Crippen LogP contribution in [0.15, 0.2) is 52.1 Å². The van der Waals surface area contributed by atoms with Crippen LogP contribution in [0.2, 0.25) is 5.02 Å². The maximum absolute atomic E-state index is 12.7. The van der Waals surface area contributed by atoms with Crippen molar-refractivity contribution in [3.8, 4) is 23.0 Å². The van der Waals surface area contributed by atoms with Gasteiger partial charge in [0, 0.05) is 0 Å². The van der Waals surface area contributed by atoms with Gasteiger partial charge in [-0.05, 0) is 67.4 Å². The Morgan fingerprint density at radius 3 is 2.57 bits per heavy atom. The number of carbonyl (C=O) groups excluding carboxylic acids is 1. The maximum atomic E-state index is 12.7. The van der Waals surface area contributed by atoms with E-state index in [0.717, 1.165) is 17.9 Å². The molecule has 0 aliphatic carbocycles. The Bertz CT molecular complexity index is 1290. The van der Waals surface area contributed by atoms with Gasteiger partial charge in [-0.3, -0.25) is 10.2 Å². The highest BCUT2D eigenvalue weighted by molar-refractivity contribution is 8.26. The first-order valence-corrected chi connectivity index (χ1v) is 13.0. The van der Waals surface area contributed by atoms with Crippen LogP contribution < -0.4 is 18.9 Å². The van der Waals surface area contributed by atoms with Crippen molar-refractivity contribution < 1.29 is 23.7 Å². The van der Waals surface area contributed by atoms with Gasteiger partial charge < -0.3 is 18.9 Å². The largest absolute Gasteiger partial charge is 0.493 e. The third-order valence-electron chi connectivity index (χ3n) is 5.26. The van der Waals surface area contributed by atoms with E-state index in [0.29, 0.717) is 45.4 Å². The molecule has 4 rings (SSSR count). The van der Waals surface area contributed by atoms with Crippen molar-refractivity contribution in [1.29, 1.82) is 5.41 Å². The molecule has 2 aliphatic rings. The molecule has 2 aromatic rings. The number of ether oxygens (including phenoxy) is 4. The van der Waals surface area contributed by atoms with Crippen LogP contribution in [0.5, 0.6) is 23.0 Å². The second-order valence-corrected chi connectivity index (χ2v) is 9.32. The molecule has 37 heavy (non-hydrogen) atoms. The average molecular weight is 543 g/mol. The van der Waals surface area contributed by atoms with Gasteiger partial charge in [0.1, 0.15) is 18.3 Å². The number of hydrogen-bond donors (Lipinski definition) is 1. The number of amides is 1. The molecule has 0 fully saturated rings. The molecule has 2 heterocycles. The van der Waals surface area contributed by atoms with Crippen LogP contribution >= 0.6 is 23.4 Å². The van der Waals surface area contributed by atoms with Crippen LogP contribution in [0, 0.1) is 5.41 Å². The van der Waals surface area contributed by atoms with Gasteiger partial charge in [-0.2, -0.15) is 15.1 Å². The van der Waals surface area contributed by atoms with Crippen molar-refractivity contribution in [1.82, 2.24) is 5.01 Å². The molecule has 0 bridgehead atoms. The second-order valence-electron chi connectivity index (χ2n) is 7.87. The number of para-hydroxylation sites is 2. The SMILES string of the molecule is CCCC1=NN2C(=N)/C(=C/c3cc(Cl)c(OCCOc4ccccc4OC)c(OCC)c3)C(=O)N=C2S1. The summed E-state index contributed by atoms with van der Waals surface area (Å²) in [6.45, 7) is 4.75. The van der Waals surface area contributed by atoms with Gasteiger partial charge in [-0.15, -0.1) is 0 Å². The van der Waals surface area contributed by atoms with Crippen LogP contribution in [0.4, 0.5) is 0 Å². The van der Waals surface area contributed by atoms with Gasteiger partial charge >= 0.3 is 0 Å². The van der Waals surface area contributed by atoms with Gasteiger partial charge in [0.05, 0.1) is 24.3 Å². The number of benzene rings is 2. The number of amidine groups is 2. The predicted octanol–water partition coefficient (Wildman–Crippen LogP) is 5.62. The first-order chi connectivity index (χ1) is 17.9. The molecule has 0 aromatic heterocycles. The van der Waals surface area contributed by atoms with Crippen LogP contribution in [-0.4, -0.2) is 53.9 Å². The van der Waals surface area contributed by atoms with E-state index in [9.17, 15) is 4.79 Å². The van der Waals surface area contributed by atoms with Crippen LogP contribution in [0.3, 0.4) is 0 Å². The van der Waals surface area contributed by atoms with Crippen molar-refractivity contribution in [2.45, 2.75) is 26.7 Å². The highest BCUT2D eigenvalue weighted by atomic mass is 35.5. The van der Waals surface area contributed by atoms with Gasteiger partial charge in [0.2, 0.25) is 5.17 Å². The summed E-state index contributed by atoms with van der Waals surface area (Å²) in [6, 6.07) is 10.7. The molecule has 194 valence electrons. The number of fused-ring (bicyclic) bond motifs is 1. The van der Waals surface area contributed by atoms with Crippen molar-refractivity contribution in [3.05, 3.63) is 52.6 Å². The molecule has 0 unspecified atom stereocenters. The van der Waals surface area contributed by atoms with E-state index in [-0.39, 0.29) is 24.6 Å². The molecule has 0 saturated carbocycles.